The highest BCUT2D eigenvalue weighted by Gasteiger charge is 2.27. The van der Waals surface area contributed by atoms with Gasteiger partial charge in [-0.3, -0.25) is 4.79 Å². The Balaban J connectivity index is 1.88. The molecule has 0 bridgehead atoms. The molecule has 0 N–H and O–H groups in total. The molecule has 104 valence electrons. The summed E-state index contributed by atoms with van der Waals surface area (Å²) in [4.78, 5) is 15.3. The number of benzene rings is 1. The zero-order valence-corrected chi connectivity index (χ0v) is 13.7. The third-order valence-electron chi connectivity index (χ3n) is 3.91. The number of fused-ring (bicyclic) bond motifs is 1. The Morgan fingerprint density at radius 3 is 2.85 bits per heavy atom. The topological polar surface area (TPSA) is 20.3 Å². The second-order valence-electron chi connectivity index (χ2n) is 5.13. The van der Waals surface area contributed by atoms with Gasteiger partial charge in [-0.15, -0.1) is 11.3 Å². The van der Waals surface area contributed by atoms with Gasteiger partial charge in [0.1, 0.15) is 0 Å². The van der Waals surface area contributed by atoms with Crippen molar-refractivity contribution in [3.63, 3.8) is 0 Å². The molecule has 20 heavy (non-hydrogen) atoms. The summed E-state index contributed by atoms with van der Waals surface area (Å²) in [6.45, 7) is 0. The normalized spacial score (nSPS) is 17.6. The van der Waals surface area contributed by atoms with Crippen LogP contribution < -0.4 is 0 Å². The van der Waals surface area contributed by atoms with Crippen LogP contribution in [0.15, 0.2) is 40.2 Å². The van der Waals surface area contributed by atoms with Crippen molar-refractivity contribution in [2.45, 2.75) is 25.3 Å². The van der Waals surface area contributed by atoms with Crippen LogP contribution in [0.1, 0.15) is 39.7 Å². The number of carbonyl (C=O) groups excluding carboxylic acids is 1. The van der Waals surface area contributed by atoms with Gasteiger partial charge in [-0.05, 0) is 58.5 Å². The lowest BCUT2D eigenvalue weighted by atomic mass is 9.87. The summed E-state index contributed by atoms with van der Waals surface area (Å²) in [5.74, 6) is 0.113. The third-order valence-corrected chi connectivity index (χ3v) is 5.52. The van der Waals surface area contributed by atoms with E-state index >= 15 is 0 Å². The Bertz CT molecular complexity index is 637. The molecule has 0 aliphatic heterocycles. The van der Waals surface area contributed by atoms with Crippen LogP contribution in [0.2, 0.25) is 0 Å². The van der Waals surface area contributed by atoms with Crippen molar-refractivity contribution < 1.29 is 4.79 Å². The summed E-state index contributed by atoms with van der Waals surface area (Å²) >= 11 is 4.91. The smallest absolute Gasteiger partial charge is 0.264 e. The Kier molecular flexibility index (Phi) is 3.94. The van der Waals surface area contributed by atoms with Gasteiger partial charge in [0, 0.05) is 7.05 Å². The fourth-order valence-electron chi connectivity index (χ4n) is 2.88. The summed E-state index contributed by atoms with van der Waals surface area (Å²) in [5, 5.41) is 0. The van der Waals surface area contributed by atoms with Crippen LogP contribution in [0.4, 0.5) is 0 Å². The molecule has 0 spiro atoms. The second-order valence-corrected chi connectivity index (χ2v) is 7.59. The molecule has 1 aromatic heterocycles. The average molecular weight is 350 g/mol. The summed E-state index contributed by atoms with van der Waals surface area (Å²) in [7, 11) is 1.92. The van der Waals surface area contributed by atoms with E-state index in [-0.39, 0.29) is 11.9 Å². The van der Waals surface area contributed by atoms with Crippen molar-refractivity contribution >= 4 is 33.2 Å². The number of halogens is 1. The first-order valence-corrected chi connectivity index (χ1v) is 8.38. The van der Waals surface area contributed by atoms with Gasteiger partial charge in [0.15, 0.2) is 0 Å². The number of carbonyl (C=O) groups is 1. The zero-order chi connectivity index (χ0) is 14.1. The standard InChI is InChI=1S/C16H16BrNOS/c1-18(16(19)14-9-10-15(17)20-14)13-8-4-6-11-5-2-3-7-12(11)13/h2-3,5,7,9-10,13H,4,6,8H2,1H3. The Hall–Kier alpha value is -1.13. The number of thiophene rings is 1. The number of aryl methyl sites for hydroxylation is 1. The van der Waals surface area contributed by atoms with Crippen LogP contribution in [-0.2, 0) is 6.42 Å². The molecule has 2 aromatic rings. The molecule has 0 fully saturated rings. The third kappa shape index (κ3) is 2.54. The van der Waals surface area contributed by atoms with Crippen LogP contribution in [-0.4, -0.2) is 17.9 Å². The highest BCUT2D eigenvalue weighted by Crippen LogP contribution is 2.35. The summed E-state index contributed by atoms with van der Waals surface area (Å²) < 4.78 is 0.998. The molecule has 2 nitrogen and oxygen atoms in total. The first-order valence-electron chi connectivity index (χ1n) is 6.77. The van der Waals surface area contributed by atoms with Crippen LogP contribution in [0.25, 0.3) is 0 Å². The summed E-state index contributed by atoms with van der Waals surface area (Å²) in [6, 6.07) is 12.5. The molecular formula is C16H16BrNOS. The second kappa shape index (κ2) is 5.70. The lowest BCUT2D eigenvalue weighted by Crippen LogP contribution is -2.32. The minimum absolute atomic E-state index is 0.113. The van der Waals surface area contributed by atoms with E-state index in [0.29, 0.717) is 0 Å². The van der Waals surface area contributed by atoms with Gasteiger partial charge in [0.25, 0.3) is 5.91 Å². The number of hydrogen-bond acceptors (Lipinski definition) is 2. The molecule has 1 amide bonds. The SMILES string of the molecule is CN(C(=O)c1ccc(Br)s1)C1CCCc2ccccc21. The maximum Gasteiger partial charge on any atom is 0.264 e. The fraction of sp³-hybridized carbons (Fsp3) is 0.312. The highest BCUT2D eigenvalue weighted by molar-refractivity contribution is 9.11. The highest BCUT2D eigenvalue weighted by atomic mass is 79.9. The number of amides is 1. The Labute approximate surface area is 131 Å². The summed E-state index contributed by atoms with van der Waals surface area (Å²) in [5.41, 5.74) is 2.70. The molecule has 4 heteroatoms. The maximum absolute atomic E-state index is 12.6. The zero-order valence-electron chi connectivity index (χ0n) is 11.3. The number of hydrogen-bond donors (Lipinski definition) is 0. The van der Waals surface area contributed by atoms with E-state index < -0.39 is 0 Å². The van der Waals surface area contributed by atoms with Crippen LogP contribution >= 0.6 is 27.3 Å². The van der Waals surface area contributed by atoms with Crippen LogP contribution in [0.5, 0.6) is 0 Å². The van der Waals surface area contributed by atoms with Crippen LogP contribution in [0, 0.1) is 0 Å². The van der Waals surface area contributed by atoms with Gasteiger partial charge < -0.3 is 4.90 Å². The molecule has 1 heterocycles. The molecule has 0 saturated carbocycles. The first kappa shape index (κ1) is 13.8. The monoisotopic (exact) mass is 349 g/mol. The lowest BCUT2D eigenvalue weighted by Gasteiger charge is -2.33. The maximum atomic E-state index is 12.6. The van der Waals surface area contributed by atoms with E-state index in [2.05, 4.69) is 40.2 Å². The van der Waals surface area contributed by atoms with Crippen molar-refractivity contribution in [1.29, 1.82) is 0 Å². The lowest BCUT2D eigenvalue weighted by molar-refractivity contribution is 0.0720. The van der Waals surface area contributed by atoms with E-state index in [4.69, 9.17) is 0 Å². The van der Waals surface area contributed by atoms with Crippen molar-refractivity contribution in [3.8, 4) is 0 Å². The predicted molar refractivity (Wildman–Crippen MR) is 86.2 cm³/mol. The van der Waals surface area contributed by atoms with Gasteiger partial charge in [0.05, 0.1) is 14.7 Å². The van der Waals surface area contributed by atoms with Gasteiger partial charge in [-0.2, -0.15) is 0 Å². The van der Waals surface area contributed by atoms with Gasteiger partial charge in [-0.1, -0.05) is 24.3 Å². The molecular weight excluding hydrogens is 334 g/mol. The molecule has 1 atom stereocenters. The van der Waals surface area contributed by atoms with Crippen molar-refractivity contribution in [3.05, 3.63) is 56.2 Å². The van der Waals surface area contributed by atoms with Gasteiger partial charge >= 0.3 is 0 Å². The molecule has 0 radical (unpaired) electrons. The van der Waals surface area contributed by atoms with E-state index in [1.165, 1.54) is 22.5 Å². The quantitative estimate of drug-likeness (QED) is 0.771. The fourth-order valence-corrected chi connectivity index (χ4v) is 4.24. The van der Waals surface area contributed by atoms with Crippen molar-refractivity contribution in [2.24, 2.45) is 0 Å². The molecule has 1 aliphatic carbocycles. The predicted octanol–water partition coefficient (Wildman–Crippen LogP) is 4.66. The minimum Gasteiger partial charge on any atom is -0.334 e. The largest absolute Gasteiger partial charge is 0.334 e. The molecule has 1 aliphatic rings. The number of rotatable bonds is 2. The van der Waals surface area contributed by atoms with Gasteiger partial charge in [0.2, 0.25) is 0 Å². The average Bonchev–Trinajstić information content (AvgIpc) is 2.91. The first-order chi connectivity index (χ1) is 9.66. The molecule has 1 aromatic carbocycles. The minimum atomic E-state index is 0.113. The molecule has 1 unspecified atom stereocenters. The van der Waals surface area contributed by atoms with Crippen LogP contribution in [0.3, 0.4) is 0 Å². The van der Waals surface area contributed by atoms with Crippen molar-refractivity contribution in [2.75, 3.05) is 7.05 Å². The van der Waals surface area contributed by atoms with Gasteiger partial charge in [-0.25, -0.2) is 0 Å². The van der Waals surface area contributed by atoms with E-state index in [1.54, 1.807) is 0 Å². The van der Waals surface area contributed by atoms with E-state index in [1.807, 2.05) is 24.1 Å². The summed E-state index contributed by atoms with van der Waals surface area (Å²) in [6.07, 6.45) is 3.32. The van der Waals surface area contributed by atoms with E-state index in [9.17, 15) is 4.79 Å². The molecule has 3 rings (SSSR count). The van der Waals surface area contributed by atoms with Crippen molar-refractivity contribution in [1.82, 2.24) is 4.90 Å². The Morgan fingerprint density at radius 1 is 1.30 bits per heavy atom. The number of nitrogens with zero attached hydrogens (tertiary/aromatic N) is 1. The Morgan fingerprint density at radius 2 is 2.10 bits per heavy atom. The molecule has 0 saturated heterocycles. The van der Waals surface area contributed by atoms with E-state index in [0.717, 1.165) is 27.9 Å².